The van der Waals surface area contributed by atoms with E-state index in [-0.39, 0.29) is 19.0 Å². The zero-order valence-electron chi connectivity index (χ0n) is 14.8. The maximum atomic E-state index is 12.2. The van der Waals surface area contributed by atoms with Gasteiger partial charge in [-0.25, -0.2) is 8.42 Å². The van der Waals surface area contributed by atoms with Crippen LogP contribution in [0.5, 0.6) is 0 Å². The van der Waals surface area contributed by atoms with Gasteiger partial charge in [0.15, 0.2) is 0 Å². The van der Waals surface area contributed by atoms with Crippen LogP contribution in [0.25, 0.3) is 0 Å². The maximum Gasteiger partial charge on any atom is 0.251 e. The van der Waals surface area contributed by atoms with Crippen molar-refractivity contribution in [1.29, 1.82) is 0 Å². The number of nitrogens with one attached hydrogen (secondary N) is 1. The normalized spacial score (nSPS) is 11.2. The second-order valence-electron chi connectivity index (χ2n) is 5.98. The van der Waals surface area contributed by atoms with Crippen LogP contribution in [0.4, 0.5) is 5.69 Å². The number of hydrogen-bond acceptors (Lipinski definition) is 3. The fraction of sp³-hybridized carbons (Fsp3) is 0.316. The first kappa shape index (κ1) is 19.0. The summed E-state index contributed by atoms with van der Waals surface area (Å²) < 4.78 is 25.5. The molecule has 2 rings (SSSR count). The van der Waals surface area contributed by atoms with Crippen molar-refractivity contribution in [3.8, 4) is 0 Å². The van der Waals surface area contributed by atoms with E-state index in [1.165, 1.54) is 10.6 Å². The first-order chi connectivity index (χ1) is 11.8. The molecule has 0 aliphatic heterocycles. The molecule has 5 nitrogen and oxygen atoms in total. The van der Waals surface area contributed by atoms with Gasteiger partial charge >= 0.3 is 0 Å². The summed E-state index contributed by atoms with van der Waals surface area (Å²) in [5, 5.41) is 2.78. The van der Waals surface area contributed by atoms with Crippen molar-refractivity contribution in [2.45, 2.75) is 20.3 Å². The minimum Gasteiger partial charge on any atom is -0.350 e. The van der Waals surface area contributed by atoms with Crippen LogP contribution in [-0.4, -0.2) is 33.7 Å². The summed E-state index contributed by atoms with van der Waals surface area (Å²) in [5.74, 6) is -0.210. The van der Waals surface area contributed by atoms with E-state index < -0.39 is 10.0 Å². The molecule has 0 aromatic heterocycles. The van der Waals surface area contributed by atoms with Crippen molar-refractivity contribution in [1.82, 2.24) is 5.32 Å². The number of benzene rings is 2. The molecule has 0 spiro atoms. The highest BCUT2D eigenvalue weighted by atomic mass is 32.2. The van der Waals surface area contributed by atoms with E-state index in [1.807, 2.05) is 38.1 Å². The largest absolute Gasteiger partial charge is 0.350 e. The van der Waals surface area contributed by atoms with Crippen LogP contribution in [0, 0.1) is 6.92 Å². The lowest BCUT2D eigenvalue weighted by Gasteiger charge is -2.22. The van der Waals surface area contributed by atoms with E-state index in [9.17, 15) is 13.2 Å². The number of carbonyl (C=O) groups excluding carboxylic acids is 1. The predicted octanol–water partition coefficient (Wildman–Crippen LogP) is 2.75. The molecule has 1 N–H and O–H groups in total. The highest BCUT2D eigenvalue weighted by molar-refractivity contribution is 7.92. The van der Waals surface area contributed by atoms with Gasteiger partial charge < -0.3 is 5.32 Å². The third-order valence-electron chi connectivity index (χ3n) is 3.91. The second-order valence-corrected chi connectivity index (χ2v) is 7.89. The molecule has 0 saturated carbocycles. The molecule has 1 amide bonds. The minimum atomic E-state index is -3.42. The molecule has 2 aromatic rings. The van der Waals surface area contributed by atoms with Crippen molar-refractivity contribution in [2.24, 2.45) is 0 Å². The molecule has 0 saturated heterocycles. The lowest BCUT2D eigenvalue weighted by atomic mass is 10.1. The van der Waals surface area contributed by atoms with Crippen molar-refractivity contribution in [3.63, 3.8) is 0 Å². The average molecular weight is 360 g/mol. The van der Waals surface area contributed by atoms with E-state index in [4.69, 9.17) is 0 Å². The molecule has 25 heavy (non-hydrogen) atoms. The van der Waals surface area contributed by atoms with Crippen LogP contribution in [0.15, 0.2) is 48.5 Å². The molecule has 0 fully saturated rings. The number of aryl methyl sites for hydroxylation is 2. The Hall–Kier alpha value is -2.34. The molecule has 0 bridgehead atoms. The van der Waals surface area contributed by atoms with Crippen molar-refractivity contribution in [2.75, 3.05) is 23.7 Å². The van der Waals surface area contributed by atoms with Gasteiger partial charge in [-0.2, -0.15) is 0 Å². The summed E-state index contributed by atoms with van der Waals surface area (Å²) in [4.78, 5) is 12.2. The average Bonchev–Trinajstić information content (AvgIpc) is 2.57. The molecule has 6 heteroatoms. The Balaban J connectivity index is 2.04. The van der Waals surface area contributed by atoms with Crippen LogP contribution < -0.4 is 9.62 Å². The summed E-state index contributed by atoms with van der Waals surface area (Å²) in [5.41, 5.74) is 3.31. The first-order valence-corrected chi connectivity index (χ1v) is 10.1. The van der Waals surface area contributed by atoms with Crippen LogP contribution in [0.3, 0.4) is 0 Å². The van der Waals surface area contributed by atoms with E-state index in [0.29, 0.717) is 11.3 Å². The summed E-state index contributed by atoms with van der Waals surface area (Å²) in [7, 11) is -3.42. The molecule has 0 radical (unpaired) electrons. The van der Waals surface area contributed by atoms with Gasteiger partial charge in [-0.3, -0.25) is 9.10 Å². The van der Waals surface area contributed by atoms with Gasteiger partial charge in [0.25, 0.3) is 5.91 Å². The van der Waals surface area contributed by atoms with Crippen LogP contribution in [-0.2, 0) is 16.4 Å². The van der Waals surface area contributed by atoms with Crippen LogP contribution in [0.2, 0.25) is 0 Å². The third-order valence-corrected chi connectivity index (χ3v) is 5.11. The smallest absolute Gasteiger partial charge is 0.251 e. The topological polar surface area (TPSA) is 66.5 Å². The Morgan fingerprint density at radius 2 is 1.80 bits per heavy atom. The zero-order valence-corrected chi connectivity index (χ0v) is 15.6. The van der Waals surface area contributed by atoms with Gasteiger partial charge in [0.2, 0.25) is 10.0 Å². The summed E-state index contributed by atoms with van der Waals surface area (Å²) in [6.07, 6.45) is 2.06. The number of hydrogen-bond donors (Lipinski definition) is 1. The number of amides is 1. The molecule has 0 aliphatic carbocycles. The summed E-state index contributed by atoms with van der Waals surface area (Å²) >= 11 is 0. The number of anilines is 1. The molecule has 0 unspecified atom stereocenters. The van der Waals surface area contributed by atoms with Crippen molar-refractivity contribution >= 4 is 21.6 Å². The predicted molar refractivity (Wildman–Crippen MR) is 102 cm³/mol. The summed E-state index contributed by atoms with van der Waals surface area (Å²) in [6, 6.07) is 14.7. The fourth-order valence-corrected chi connectivity index (χ4v) is 3.47. The van der Waals surface area contributed by atoms with Crippen molar-refractivity contribution in [3.05, 3.63) is 65.2 Å². The fourth-order valence-electron chi connectivity index (χ4n) is 2.54. The second kappa shape index (κ2) is 8.16. The van der Waals surface area contributed by atoms with Gasteiger partial charge in [0.05, 0.1) is 18.5 Å². The number of rotatable bonds is 7. The number of carbonyl (C=O) groups is 1. The highest BCUT2D eigenvalue weighted by Gasteiger charge is 2.17. The number of sulfonamides is 1. The van der Waals surface area contributed by atoms with Crippen molar-refractivity contribution < 1.29 is 13.2 Å². The molecule has 0 atom stereocenters. The SMILES string of the molecule is CCc1ccc(N(CCNC(=O)c2cccc(C)c2)S(C)(=O)=O)cc1. The van der Waals surface area contributed by atoms with Crippen LogP contribution >= 0.6 is 0 Å². The molecule has 0 heterocycles. The molecule has 2 aromatic carbocycles. The van der Waals surface area contributed by atoms with E-state index in [0.717, 1.165) is 17.5 Å². The third kappa shape index (κ3) is 5.32. The Bertz CT molecular complexity index is 830. The van der Waals surface area contributed by atoms with E-state index in [2.05, 4.69) is 5.32 Å². The van der Waals surface area contributed by atoms with E-state index >= 15 is 0 Å². The molecule has 0 aliphatic rings. The quantitative estimate of drug-likeness (QED) is 0.826. The van der Waals surface area contributed by atoms with Gasteiger partial charge in [-0.05, 0) is 43.2 Å². The first-order valence-electron chi connectivity index (χ1n) is 8.23. The molecular formula is C19H24N2O3S. The van der Waals surface area contributed by atoms with Gasteiger partial charge in [0, 0.05) is 12.1 Å². The highest BCUT2D eigenvalue weighted by Crippen LogP contribution is 2.18. The van der Waals surface area contributed by atoms with Crippen LogP contribution in [0.1, 0.15) is 28.4 Å². The Morgan fingerprint density at radius 3 is 2.36 bits per heavy atom. The van der Waals surface area contributed by atoms with Gasteiger partial charge in [-0.1, -0.05) is 36.8 Å². The number of nitrogens with zero attached hydrogens (tertiary/aromatic N) is 1. The van der Waals surface area contributed by atoms with Gasteiger partial charge in [0.1, 0.15) is 0 Å². The summed E-state index contributed by atoms with van der Waals surface area (Å²) in [6.45, 7) is 4.38. The Kier molecular flexibility index (Phi) is 6.20. The van der Waals surface area contributed by atoms with E-state index in [1.54, 1.807) is 24.3 Å². The molecule has 134 valence electrons. The van der Waals surface area contributed by atoms with Gasteiger partial charge in [-0.15, -0.1) is 0 Å². The monoisotopic (exact) mass is 360 g/mol. The Labute approximate surface area is 149 Å². The molecular weight excluding hydrogens is 336 g/mol. The standard InChI is InChI=1S/C19H24N2O3S/c1-4-16-8-10-18(11-9-16)21(25(3,23)24)13-12-20-19(22)17-7-5-6-15(2)14-17/h5-11,14H,4,12-13H2,1-3H3,(H,20,22). The maximum absolute atomic E-state index is 12.2. The minimum absolute atomic E-state index is 0.182. The Morgan fingerprint density at radius 1 is 1.12 bits per heavy atom. The lowest BCUT2D eigenvalue weighted by molar-refractivity contribution is 0.0954. The zero-order chi connectivity index (χ0) is 18.4. The lowest BCUT2D eigenvalue weighted by Crippen LogP contribution is -2.38.